The van der Waals surface area contributed by atoms with Gasteiger partial charge in [0.1, 0.15) is 48.3 Å². The number of hydrogen-bond acceptors (Lipinski definition) is 11. The lowest BCUT2D eigenvalue weighted by Crippen LogP contribution is -2.57. The number of rotatable bonds is 10. The van der Waals surface area contributed by atoms with E-state index in [1.165, 1.54) is 0 Å². The quantitative estimate of drug-likeness (QED) is 0.165. The van der Waals surface area contributed by atoms with Crippen molar-refractivity contribution in [3.05, 3.63) is 0 Å². The first-order valence-corrected chi connectivity index (χ1v) is 8.47. The summed E-state index contributed by atoms with van der Waals surface area (Å²) in [6.45, 7) is 1.85. The van der Waals surface area contributed by atoms with Gasteiger partial charge in [-0.2, -0.15) is 0 Å². The zero-order valence-electron chi connectivity index (χ0n) is 15.0. The monoisotopic (exact) mass is 396 g/mol. The van der Waals surface area contributed by atoms with Crippen molar-refractivity contribution in [3.8, 4) is 0 Å². The van der Waals surface area contributed by atoms with E-state index in [2.05, 4.69) is 0 Å². The second kappa shape index (κ2) is 9.45. The molecular formula is C16H28O11. The molecule has 8 N–H and O–H groups in total. The van der Waals surface area contributed by atoms with Crippen molar-refractivity contribution >= 4 is 11.6 Å². The zero-order valence-corrected chi connectivity index (χ0v) is 15.0. The van der Waals surface area contributed by atoms with Crippen LogP contribution in [0.1, 0.15) is 20.3 Å². The molecule has 0 saturated carbocycles. The van der Waals surface area contributed by atoms with Crippen LogP contribution in [0.25, 0.3) is 0 Å². The van der Waals surface area contributed by atoms with Crippen LogP contribution < -0.4 is 0 Å². The van der Waals surface area contributed by atoms with Gasteiger partial charge in [0.15, 0.2) is 0 Å². The Hall–Kier alpha value is -1.02. The largest absolute Gasteiger partial charge is 0.393 e. The summed E-state index contributed by atoms with van der Waals surface area (Å²) in [5, 5.41) is 78.5. The first-order chi connectivity index (χ1) is 12.4. The van der Waals surface area contributed by atoms with E-state index in [0.29, 0.717) is 0 Å². The lowest BCUT2D eigenvalue weighted by Gasteiger charge is -2.32. The molecule has 0 aliphatic carbocycles. The third-order valence-electron chi connectivity index (χ3n) is 4.51. The number of aliphatic hydroxyl groups excluding tert-OH is 7. The van der Waals surface area contributed by atoms with Crippen molar-refractivity contribution in [1.82, 2.24) is 0 Å². The maximum Gasteiger partial charge on any atom is 0.229 e. The molecule has 0 aromatic carbocycles. The average Bonchev–Trinajstić information content (AvgIpc) is 2.92. The minimum absolute atomic E-state index is 0.186. The van der Waals surface area contributed by atoms with E-state index in [1.54, 1.807) is 13.8 Å². The van der Waals surface area contributed by atoms with Gasteiger partial charge in [0.05, 0.1) is 13.2 Å². The Morgan fingerprint density at radius 2 is 1.63 bits per heavy atom. The van der Waals surface area contributed by atoms with Gasteiger partial charge in [-0.05, 0) is 5.92 Å². The van der Waals surface area contributed by atoms with Gasteiger partial charge in [-0.3, -0.25) is 9.59 Å². The number of Topliss-reactive ketones (excluding diaryl/α,β-unsaturated/α-hetero) is 2. The van der Waals surface area contributed by atoms with Crippen LogP contribution in [0.2, 0.25) is 0 Å². The van der Waals surface area contributed by atoms with Crippen LogP contribution in [0.15, 0.2) is 0 Å². The summed E-state index contributed by atoms with van der Waals surface area (Å²) in [6, 6.07) is 0. The van der Waals surface area contributed by atoms with E-state index in [4.69, 9.17) is 9.84 Å². The van der Waals surface area contributed by atoms with Gasteiger partial charge in [-0.15, -0.1) is 0 Å². The van der Waals surface area contributed by atoms with Crippen LogP contribution in [0.5, 0.6) is 0 Å². The summed E-state index contributed by atoms with van der Waals surface area (Å²) < 4.78 is 4.93. The molecule has 0 amide bonds. The molecule has 0 radical (unpaired) electrons. The first-order valence-electron chi connectivity index (χ1n) is 8.47. The maximum atomic E-state index is 11.8. The summed E-state index contributed by atoms with van der Waals surface area (Å²) in [7, 11) is 0. The minimum Gasteiger partial charge on any atom is -0.393 e. The second-order valence-corrected chi connectivity index (χ2v) is 7.27. The molecule has 11 heteroatoms. The Bertz CT molecular complexity index is 524. The Morgan fingerprint density at radius 1 is 1.07 bits per heavy atom. The number of ether oxygens (including phenoxy) is 1. The lowest BCUT2D eigenvalue weighted by atomic mass is 9.89. The zero-order chi connectivity index (χ0) is 21.1. The van der Waals surface area contributed by atoms with E-state index in [9.17, 15) is 45.3 Å². The molecule has 8 atom stereocenters. The first kappa shape index (κ1) is 24.0. The second-order valence-electron chi connectivity index (χ2n) is 7.27. The Kier molecular flexibility index (Phi) is 8.41. The fourth-order valence-electron chi connectivity index (χ4n) is 2.72. The summed E-state index contributed by atoms with van der Waals surface area (Å²) >= 11 is 0. The lowest BCUT2D eigenvalue weighted by molar-refractivity contribution is -0.172. The number of aliphatic hydroxyl groups is 8. The normalized spacial score (nSPS) is 31.4. The Balaban J connectivity index is 2.78. The topological polar surface area (TPSA) is 205 Å². The third-order valence-corrected chi connectivity index (χ3v) is 4.51. The van der Waals surface area contributed by atoms with E-state index in [0.717, 1.165) is 0 Å². The van der Waals surface area contributed by atoms with Crippen molar-refractivity contribution in [2.75, 3.05) is 13.2 Å². The molecule has 1 heterocycles. The molecule has 0 spiro atoms. The molecule has 1 fully saturated rings. The van der Waals surface area contributed by atoms with Crippen molar-refractivity contribution in [2.45, 2.75) is 68.6 Å². The smallest absolute Gasteiger partial charge is 0.229 e. The van der Waals surface area contributed by atoms with Crippen LogP contribution in [-0.4, -0.2) is 114 Å². The van der Waals surface area contributed by atoms with Gasteiger partial charge in [-0.1, -0.05) is 13.8 Å². The van der Waals surface area contributed by atoms with Gasteiger partial charge < -0.3 is 45.6 Å². The van der Waals surface area contributed by atoms with Crippen LogP contribution in [0, 0.1) is 5.92 Å². The predicted molar refractivity (Wildman–Crippen MR) is 87.3 cm³/mol. The van der Waals surface area contributed by atoms with E-state index < -0.39 is 73.1 Å². The standard InChI is InChI=1S/C16H28O11/c1-6(2)3-7(18)8(19)9(20)10(21)11(22)12(23)13(24)14-15(25)16(26,4-17)5-27-14/h6,9-15,17,20-26H,3-5H2,1-2H3/t9-,10+,11-,12-,13?,14?,15-,16?/m0/s1. The summed E-state index contributed by atoms with van der Waals surface area (Å²) in [5.74, 6) is -2.51. The molecule has 11 nitrogen and oxygen atoms in total. The molecule has 158 valence electrons. The van der Waals surface area contributed by atoms with Crippen molar-refractivity contribution in [2.24, 2.45) is 5.92 Å². The average molecular weight is 396 g/mol. The van der Waals surface area contributed by atoms with E-state index >= 15 is 0 Å². The van der Waals surface area contributed by atoms with Gasteiger partial charge in [0.25, 0.3) is 0 Å². The van der Waals surface area contributed by atoms with E-state index in [1.807, 2.05) is 0 Å². The number of carbonyl (C=O) groups is 2. The molecule has 1 aliphatic rings. The maximum absolute atomic E-state index is 11.8. The molecule has 1 aliphatic heterocycles. The van der Waals surface area contributed by atoms with Crippen LogP contribution in [0.4, 0.5) is 0 Å². The fourth-order valence-corrected chi connectivity index (χ4v) is 2.72. The van der Waals surface area contributed by atoms with Gasteiger partial charge in [0.2, 0.25) is 11.6 Å². The van der Waals surface area contributed by atoms with Crippen LogP contribution in [-0.2, 0) is 14.3 Å². The fraction of sp³-hybridized carbons (Fsp3) is 0.875. The molecular weight excluding hydrogens is 368 g/mol. The number of hydrogen-bond donors (Lipinski definition) is 8. The van der Waals surface area contributed by atoms with Crippen LogP contribution in [0.3, 0.4) is 0 Å². The molecule has 3 unspecified atom stereocenters. The Labute approximate surface area is 155 Å². The Morgan fingerprint density at radius 3 is 2.07 bits per heavy atom. The van der Waals surface area contributed by atoms with Crippen molar-refractivity contribution in [3.63, 3.8) is 0 Å². The van der Waals surface area contributed by atoms with Gasteiger partial charge >= 0.3 is 0 Å². The highest BCUT2D eigenvalue weighted by Gasteiger charge is 2.53. The summed E-state index contributed by atoms with van der Waals surface area (Å²) in [4.78, 5) is 23.5. The number of ketones is 2. The molecule has 0 aromatic heterocycles. The number of carbonyl (C=O) groups excluding carboxylic acids is 2. The predicted octanol–water partition coefficient (Wildman–Crippen LogP) is -4.54. The van der Waals surface area contributed by atoms with Gasteiger partial charge in [0, 0.05) is 6.42 Å². The van der Waals surface area contributed by atoms with Crippen molar-refractivity contribution in [1.29, 1.82) is 0 Å². The van der Waals surface area contributed by atoms with E-state index in [-0.39, 0.29) is 12.3 Å². The molecule has 27 heavy (non-hydrogen) atoms. The van der Waals surface area contributed by atoms with Crippen molar-refractivity contribution < 1.29 is 55.2 Å². The SMILES string of the molecule is CC(C)CC(=O)C(=O)[C@H](O)[C@@H](O)[C@H](O)[C@H](O)C(O)C1OCC(O)(CO)[C@H]1O. The molecule has 1 saturated heterocycles. The van der Waals surface area contributed by atoms with Gasteiger partial charge in [-0.25, -0.2) is 0 Å². The summed E-state index contributed by atoms with van der Waals surface area (Å²) in [5.41, 5.74) is -2.09. The molecule has 0 aromatic rings. The highest BCUT2D eigenvalue weighted by molar-refractivity contribution is 6.39. The highest BCUT2D eigenvalue weighted by Crippen LogP contribution is 2.28. The summed E-state index contributed by atoms with van der Waals surface area (Å²) in [6.07, 6.45) is -14.9. The molecule has 1 rings (SSSR count). The third kappa shape index (κ3) is 5.28. The minimum atomic E-state index is -2.34. The van der Waals surface area contributed by atoms with Crippen LogP contribution >= 0.6 is 0 Å². The molecule has 0 bridgehead atoms. The highest BCUT2D eigenvalue weighted by atomic mass is 16.6.